The van der Waals surface area contributed by atoms with Crippen molar-refractivity contribution >= 4 is 12.4 Å². The molecule has 0 aliphatic carbocycles. The summed E-state index contributed by atoms with van der Waals surface area (Å²) < 4.78 is 40.0. The van der Waals surface area contributed by atoms with Crippen molar-refractivity contribution in [3.8, 4) is 5.75 Å². The van der Waals surface area contributed by atoms with Gasteiger partial charge in [0.15, 0.2) is 0 Å². The van der Waals surface area contributed by atoms with Crippen LogP contribution in [0.2, 0.25) is 0 Å². The maximum absolute atomic E-state index is 12.1. The van der Waals surface area contributed by atoms with Crippen LogP contribution in [-0.2, 0) is 0 Å². The number of hydrogen-bond acceptors (Lipinski definition) is 2. The van der Waals surface area contributed by atoms with Crippen molar-refractivity contribution in [3.05, 3.63) is 65.2 Å². The fourth-order valence-electron chi connectivity index (χ4n) is 1.99. The van der Waals surface area contributed by atoms with Gasteiger partial charge in [0.2, 0.25) is 0 Å². The molecule has 2 nitrogen and oxygen atoms in total. The quantitative estimate of drug-likeness (QED) is 0.912. The lowest BCUT2D eigenvalue weighted by atomic mass is 9.96. The maximum Gasteiger partial charge on any atom is 0.573 e. The van der Waals surface area contributed by atoms with E-state index < -0.39 is 6.36 Å². The SMILES string of the molecule is Cc1ccccc1[C@H](N)c1ccc(OC(F)(F)F)cc1.Cl. The molecule has 2 aromatic carbocycles. The van der Waals surface area contributed by atoms with Crippen LogP contribution in [0.4, 0.5) is 13.2 Å². The first-order valence-corrected chi connectivity index (χ1v) is 6.03. The molecule has 0 radical (unpaired) electrons. The van der Waals surface area contributed by atoms with E-state index in [2.05, 4.69) is 4.74 Å². The van der Waals surface area contributed by atoms with Crippen LogP contribution < -0.4 is 10.5 Å². The molecule has 1 atom stereocenters. The average Bonchev–Trinajstić information content (AvgIpc) is 2.37. The van der Waals surface area contributed by atoms with Gasteiger partial charge in [-0.3, -0.25) is 0 Å². The van der Waals surface area contributed by atoms with Crippen molar-refractivity contribution in [2.45, 2.75) is 19.3 Å². The summed E-state index contributed by atoms with van der Waals surface area (Å²) >= 11 is 0. The highest BCUT2D eigenvalue weighted by molar-refractivity contribution is 5.85. The number of alkyl halides is 3. The van der Waals surface area contributed by atoms with E-state index in [0.717, 1.165) is 16.7 Å². The number of nitrogens with two attached hydrogens (primary N) is 1. The number of aryl methyl sites for hydroxylation is 1. The molecule has 0 bridgehead atoms. The lowest BCUT2D eigenvalue weighted by molar-refractivity contribution is -0.274. The molecular formula is C15H15ClF3NO. The van der Waals surface area contributed by atoms with Crippen LogP contribution in [0.15, 0.2) is 48.5 Å². The smallest absolute Gasteiger partial charge is 0.406 e. The highest BCUT2D eigenvalue weighted by Gasteiger charge is 2.31. The first-order valence-electron chi connectivity index (χ1n) is 6.03. The van der Waals surface area contributed by atoms with Crippen LogP contribution in [-0.4, -0.2) is 6.36 Å². The van der Waals surface area contributed by atoms with Crippen molar-refractivity contribution < 1.29 is 17.9 Å². The van der Waals surface area contributed by atoms with Crippen LogP contribution in [0, 0.1) is 6.92 Å². The topological polar surface area (TPSA) is 35.2 Å². The molecule has 0 aliphatic rings. The van der Waals surface area contributed by atoms with E-state index in [1.165, 1.54) is 24.3 Å². The monoisotopic (exact) mass is 317 g/mol. The number of halogens is 4. The minimum atomic E-state index is -4.68. The standard InChI is InChI=1S/C15H14F3NO.ClH/c1-10-4-2-3-5-13(10)14(19)11-6-8-12(9-7-11)20-15(16,17)18;/h2-9,14H,19H2,1H3;1H/t14-;/m1./s1. The second-order valence-corrected chi connectivity index (χ2v) is 4.45. The van der Waals surface area contributed by atoms with Crippen LogP contribution in [0.5, 0.6) is 5.75 Å². The van der Waals surface area contributed by atoms with Gasteiger partial charge in [0, 0.05) is 0 Å². The first-order chi connectivity index (χ1) is 9.37. The Bertz CT molecular complexity index is 584. The molecule has 0 spiro atoms. The summed E-state index contributed by atoms with van der Waals surface area (Å²) in [6.07, 6.45) is -4.68. The lowest BCUT2D eigenvalue weighted by Crippen LogP contribution is -2.17. The van der Waals surface area contributed by atoms with Crippen molar-refractivity contribution in [3.63, 3.8) is 0 Å². The zero-order valence-corrected chi connectivity index (χ0v) is 12.0. The number of benzene rings is 2. The van der Waals surface area contributed by atoms with E-state index in [-0.39, 0.29) is 24.2 Å². The Kier molecular flexibility index (Phi) is 5.63. The molecule has 0 aliphatic heterocycles. The highest BCUT2D eigenvalue weighted by atomic mass is 35.5. The van der Waals surface area contributed by atoms with Crippen LogP contribution in [0.25, 0.3) is 0 Å². The molecule has 0 aromatic heterocycles. The summed E-state index contributed by atoms with van der Waals surface area (Å²) in [4.78, 5) is 0. The molecule has 0 saturated carbocycles. The summed E-state index contributed by atoms with van der Waals surface area (Å²) in [6.45, 7) is 1.94. The minimum Gasteiger partial charge on any atom is -0.406 e. The molecular weight excluding hydrogens is 303 g/mol. The summed E-state index contributed by atoms with van der Waals surface area (Å²) in [6, 6.07) is 12.9. The maximum atomic E-state index is 12.1. The van der Waals surface area contributed by atoms with E-state index in [4.69, 9.17) is 5.73 Å². The van der Waals surface area contributed by atoms with E-state index in [9.17, 15) is 13.2 Å². The van der Waals surface area contributed by atoms with Gasteiger partial charge in [-0.1, -0.05) is 36.4 Å². The molecule has 2 aromatic rings. The Labute approximate surface area is 127 Å². The molecule has 21 heavy (non-hydrogen) atoms. The van der Waals surface area contributed by atoms with Gasteiger partial charge in [-0.25, -0.2) is 0 Å². The number of rotatable bonds is 3. The molecule has 0 saturated heterocycles. The van der Waals surface area contributed by atoms with Crippen molar-refractivity contribution in [2.75, 3.05) is 0 Å². The van der Waals surface area contributed by atoms with Gasteiger partial charge < -0.3 is 10.5 Å². The van der Waals surface area contributed by atoms with Crippen LogP contribution in [0.1, 0.15) is 22.7 Å². The van der Waals surface area contributed by atoms with E-state index in [1.54, 1.807) is 0 Å². The average molecular weight is 318 g/mol. The highest BCUT2D eigenvalue weighted by Crippen LogP contribution is 2.27. The number of hydrogen-bond donors (Lipinski definition) is 1. The summed E-state index contributed by atoms with van der Waals surface area (Å²) in [7, 11) is 0. The Morgan fingerprint density at radius 2 is 1.57 bits per heavy atom. The predicted octanol–water partition coefficient (Wildman–Crippen LogP) is 4.36. The van der Waals surface area contributed by atoms with Gasteiger partial charge >= 0.3 is 6.36 Å². The Morgan fingerprint density at radius 3 is 2.10 bits per heavy atom. The molecule has 2 N–H and O–H groups in total. The Balaban J connectivity index is 0.00000220. The molecule has 2 rings (SSSR count). The van der Waals surface area contributed by atoms with Gasteiger partial charge in [0.1, 0.15) is 5.75 Å². The predicted molar refractivity (Wildman–Crippen MR) is 77.6 cm³/mol. The fourth-order valence-corrected chi connectivity index (χ4v) is 1.99. The third-order valence-corrected chi connectivity index (χ3v) is 3.00. The van der Waals surface area contributed by atoms with Crippen LogP contribution in [0.3, 0.4) is 0 Å². The normalized spacial score (nSPS) is 12.4. The van der Waals surface area contributed by atoms with Gasteiger partial charge in [-0.2, -0.15) is 0 Å². The second-order valence-electron chi connectivity index (χ2n) is 4.45. The third kappa shape index (κ3) is 4.65. The van der Waals surface area contributed by atoms with Gasteiger partial charge in [0.05, 0.1) is 6.04 Å². The van der Waals surface area contributed by atoms with Crippen molar-refractivity contribution in [1.29, 1.82) is 0 Å². The van der Waals surface area contributed by atoms with Crippen molar-refractivity contribution in [1.82, 2.24) is 0 Å². The van der Waals surface area contributed by atoms with E-state index in [0.29, 0.717) is 0 Å². The summed E-state index contributed by atoms with van der Waals surface area (Å²) in [5.74, 6) is -0.252. The van der Waals surface area contributed by atoms with Gasteiger partial charge in [-0.15, -0.1) is 25.6 Å². The lowest BCUT2D eigenvalue weighted by Gasteiger charge is -2.16. The van der Waals surface area contributed by atoms with Gasteiger partial charge in [-0.05, 0) is 35.7 Å². The summed E-state index contributed by atoms with van der Waals surface area (Å²) in [5, 5.41) is 0. The number of ether oxygens (including phenoxy) is 1. The Morgan fingerprint density at radius 1 is 1.00 bits per heavy atom. The molecule has 0 unspecified atom stereocenters. The zero-order chi connectivity index (χ0) is 14.8. The van der Waals surface area contributed by atoms with Crippen molar-refractivity contribution in [2.24, 2.45) is 5.73 Å². The molecule has 0 fully saturated rings. The molecule has 114 valence electrons. The second kappa shape index (κ2) is 6.83. The molecule has 0 heterocycles. The van der Waals surface area contributed by atoms with E-state index in [1.807, 2.05) is 31.2 Å². The fraction of sp³-hybridized carbons (Fsp3) is 0.200. The zero-order valence-electron chi connectivity index (χ0n) is 11.2. The molecule has 0 amide bonds. The largest absolute Gasteiger partial charge is 0.573 e. The van der Waals surface area contributed by atoms with Gasteiger partial charge in [0.25, 0.3) is 0 Å². The molecule has 6 heteroatoms. The first kappa shape index (κ1) is 17.3. The minimum absolute atomic E-state index is 0. The van der Waals surface area contributed by atoms with Crippen LogP contribution >= 0.6 is 12.4 Å². The van der Waals surface area contributed by atoms with E-state index >= 15 is 0 Å². The summed E-state index contributed by atoms with van der Waals surface area (Å²) in [5.41, 5.74) is 8.84. The Hall–Kier alpha value is -1.72. The third-order valence-electron chi connectivity index (χ3n) is 3.00.